The zero-order valence-corrected chi connectivity index (χ0v) is 12.7. The van der Waals surface area contributed by atoms with E-state index < -0.39 is 0 Å². The molecule has 0 unspecified atom stereocenters. The van der Waals surface area contributed by atoms with Crippen molar-refractivity contribution < 1.29 is 18.2 Å². The van der Waals surface area contributed by atoms with Gasteiger partial charge in [0.1, 0.15) is 11.3 Å². The van der Waals surface area contributed by atoms with E-state index in [0.717, 1.165) is 11.0 Å². The number of furan rings is 2. The minimum Gasteiger partial charge on any atom is -0.467 e. The van der Waals surface area contributed by atoms with E-state index in [0.29, 0.717) is 29.5 Å². The van der Waals surface area contributed by atoms with Crippen LogP contribution in [0.5, 0.6) is 0 Å². The summed E-state index contributed by atoms with van der Waals surface area (Å²) in [5.41, 5.74) is 1.32. The highest BCUT2D eigenvalue weighted by Gasteiger charge is 2.14. The van der Waals surface area contributed by atoms with Crippen LogP contribution in [0.25, 0.3) is 22.5 Å². The van der Waals surface area contributed by atoms with Gasteiger partial charge in [-0.1, -0.05) is 23.4 Å². The number of benzene rings is 1. The molecule has 0 saturated heterocycles. The van der Waals surface area contributed by atoms with E-state index in [1.54, 1.807) is 24.5 Å². The Labute approximate surface area is 137 Å². The van der Waals surface area contributed by atoms with Crippen LogP contribution in [0, 0.1) is 0 Å². The average molecular weight is 322 g/mol. The van der Waals surface area contributed by atoms with Crippen molar-refractivity contribution in [3.05, 3.63) is 66.2 Å². The number of amides is 1. The van der Waals surface area contributed by atoms with E-state index in [1.165, 1.54) is 0 Å². The molecule has 1 aromatic carbocycles. The quantitative estimate of drug-likeness (QED) is 0.608. The molecule has 0 bridgehead atoms. The van der Waals surface area contributed by atoms with Gasteiger partial charge in [0.2, 0.25) is 11.7 Å². The fourth-order valence-corrected chi connectivity index (χ4v) is 2.44. The Morgan fingerprint density at radius 2 is 2.00 bits per heavy atom. The van der Waals surface area contributed by atoms with Crippen LogP contribution in [0.3, 0.4) is 0 Å². The molecule has 3 aromatic heterocycles. The molecule has 4 rings (SSSR count). The normalized spacial score (nSPS) is 11.0. The summed E-state index contributed by atoms with van der Waals surface area (Å²) < 4.78 is 16.2. The van der Waals surface area contributed by atoms with Gasteiger partial charge in [0.25, 0.3) is 0 Å². The first-order valence-corrected chi connectivity index (χ1v) is 7.51. The summed E-state index contributed by atoms with van der Waals surface area (Å²) in [6.07, 6.45) is 1.70. The third-order valence-corrected chi connectivity index (χ3v) is 3.61. The Morgan fingerprint density at radius 3 is 2.83 bits per heavy atom. The minimum absolute atomic E-state index is 0.129. The van der Waals surface area contributed by atoms with Crippen LogP contribution >= 0.6 is 0 Å². The molecule has 1 amide bonds. The van der Waals surface area contributed by atoms with Crippen molar-refractivity contribution in [2.75, 3.05) is 0 Å². The summed E-state index contributed by atoms with van der Waals surface area (Å²) in [5, 5.41) is 7.68. The first-order valence-electron chi connectivity index (χ1n) is 7.51. The van der Waals surface area contributed by atoms with Gasteiger partial charge in [0.15, 0.2) is 5.76 Å². The number of carbonyl (C=O) groups is 1. The number of aromatic nitrogens is 1. The molecule has 6 nitrogen and oxygen atoms in total. The van der Waals surface area contributed by atoms with Gasteiger partial charge in [-0.25, -0.2) is 0 Å². The third kappa shape index (κ3) is 2.94. The highest BCUT2D eigenvalue weighted by atomic mass is 16.5. The molecule has 24 heavy (non-hydrogen) atoms. The lowest BCUT2D eigenvalue weighted by atomic mass is 10.2. The van der Waals surface area contributed by atoms with Crippen LogP contribution in [0.15, 0.2) is 68.2 Å². The molecule has 4 aromatic rings. The van der Waals surface area contributed by atoms with Gasteiger partial charge in [0.05, 0.1) is 24.9 Å². The molecule has 0 radical (unpaired) electrons. The summed E-state index contributed by atoms with van der Waals surface area (Å²) in [6.45, 7) is 0.347. The minimum atomic E-state index is -0.157. The van der Waals surface area contributed by atoms with E-state index in [2.05, 4.69) is 10.5 Å². The molecule has 6 heteroatoms. The van der Waals surface area contributed by atoms with E-state index in [4.69, 9.17) is 13.4 Å². The van der Waals surface area contributed by atoms with Gasteiger partial charge in [-0.2, -0.15) is 0 Å². The lowest BCUT2D eigenvalue weighted by molar-refractivity contribution is -0.120. The van der Waals surface area contributed by atoms with Crippen molar-refractivity contribution >= 4 is 16.9 Å². The predicted molar refractivity (Wildman–Crippen MR) is 86.0 cm³/mol. The van der Waals surface area contributed by atoms with Gasteiger partial charge < -0.3 is 18.7 Å². The molecule has 0 spiro atoms. The van der Waals surface area contributed by atoms with Crippen LogP contribution in [-0.4, -0.2) is 11.1 Å². The number of hydrogen-bond acceptors (Lipinski definition) is 5. The van der Waals surface area contributed by atoms with Gasteiger partial charge in [-0.3, -0.25) is 4.79 Å². The van der Waals surface area contributed by atoms with Gasteiger partial charge in [-0.15, -0.1) is 0 Å². The van der Waals surface area contributed by atoms with Crippen molar-refractivity contribution in [2.45, 2.75) is 13.0 Å². The number of carbonyl (C=O) groups excluding carboxylic acids is 1. The molecule has 0 atom stereocenters. The Kier molecular flexibility index (Phi) is 3.63. The molecule has 0 saturated carbocycles. The maximum atomic E-state index is 11.9. The molecular weight excluding hydrogens is 308 g/mol. The van der Waals surface area contributed by atoms with Crippen LogP contribution in [-0.2, 0) is 17.8 Å². The fraction of sp³-hybridized carbons (Fsp3) is 0.111. The highest BCUT2D eigenvalue weighted by Crippen LogP contribution is 2.28. The van der Waals surface area contributed by atoms with E-state index >= 15 is 0 Å². The first kappa shape index (κ1) is 14.3. The smallest absolute Gasteiger partial charge is 0.226 e. The molecular formula is C18H14N2O4. The monoisotopic (exact) mass is 322 g/mol. The predicted octanol–water partition coefficient (Wildman–Crippen LogP) is 3.54. The number of fused-ring (bicyclic) bond motifs is 1. The van der Waals surface area contributed by atoms with Crippen molar-refractivity contribution in [2.24, 2.45) is 0 Å². The summed E-state index contributed by atoms with van der Waals surface area (Å²) in [4.78, 5) is 11.9. The van der Waals surface area contributed by atoms with Crippen molar-refractivity contribution in [1.29, 1.82) is 0 Å². The van der Waals surface area contributed by atoms with Crippen molar-refractivity contribution in [3.63, 3.8) is 0 Å². The topological polar surface area (TPSA) is 81.4 Å². The van der Waals surface area contributed by atoms with E-state index in [-0.39, 0.29) is 12.3 Å². The maximum Gasteiger partial charge on any atom is 0.226 e. The lowest BCUT2D eigenvalue weighted by Gasteiger charge is -2.00. The molecule has 0 aliphatic heterocycles. The first-order chi connectivity index (χ1) is 11.8. The summed E-state index contributed by atoms with van der Waals surface area (Å²) >= 11 is 0. The lowest BCUT2D eigenvalue weighted by Crippen LogP contribution is -2.24. The number of nitrogens with one attached hydrogen (secondary N) is 1. The number of nitrogens with zero attached hydrogens (tertiary/aromatic N) is 1. The molecule has 0 aliphatic rings. The van der Waals surface area contributed by atoms with Gasteiger partial charge in [0, 0.05) is 11.5 Å². The second kappa shape index (κ2) is 6.08. The molecule has 3 heterocycles. The van der Waals surface area contributed by atoms with Crippen molar-refractivity contribution in [1.82, 2.24) is 10.5 Å². The fourth-order valence-electron chi connectivity index (χ4n) is 2.44. The van der Waals surface area contributed by atoms with Crippen LogP contribution in [0.1, 0.15) is 11.5 Å². The standard InChI is InChI=1S/C18H14N2O4/c21-18(19-11-14-5-3-7-22-14)10-13-9-17(24-20-13)16-8-12-4-1-2-6-15(12)23-16/h1-9H,10-11H2,(H,19,21). The number of rotatable bonds is 5. The highest BCUT2D eigenvalue weighted by molar-refractivity contribution is 5.82. The second-order valence-electron chi connectivity index (χ2n) is 5.36. The summed E-state index contributed by atoms with van der Waals surface area (Å²) in [5.74, 6) is 1.63. The maximum absolute atomic E-state index is 11.9. The SMILES string of the molecule is O=C(Cc1cc(-c2cc3ccccc3o2)on1)NCc1ccco1. The Morgan fingerprint density at radius 1 is 1.08 bits per heavy atom. The van der Waals surface area contributed by atoms with Crippen LogP contribution in [0.4, 0.5) is 0 Å². The molecule has 120 valence electrons. The molecule has 1 N–H and O–H groups in total. The van der Waals surface area contributed by atoms with Crippen molar-refractivity contribution in [3.8, 4) is 11.5 Å². The van der Waals surface area contributed by atoms with E-state index in [1.807, 2.05) is 30.3 Å². The molecule has 0 fully saturated rings. The zero-order chi connectivity index (χ0) is 16.4. The number of para-hydroxylation sites is 1. The Balaban J connectivity index is 1.43. The largest absolute Gasteiger partial charge is 0.467 e. The van der Waals surface area contributed by atoms with Gasteiger partial charge in [-0.05, 0) is 24.3 Å². The zero-order valence-electron chi connectivity index (χ0n) is 12.7. The van der Waals surface area contributed by atoms with Crippen LogP contribution < -0.4 is 5.32 Å². The van der Waals surface area contributed by atoms with E-state index in [9.17, 15) is 4.79 Å². The Hall–Kier alpha value is -3.28. The Bertz CT molecular complexity index is 933. The summed E-state index contributed by atoms with van der Waals surface area (Å²) in [6, 6.07) is 14.9. The molecule has 0 aliphatic carbocycles. The number of hydrogen-bond donors (Lipinski definition) is 1. The second-order valence-corrected chi connectivity index (χ2v) is 5.36. The average Bonchev–Trinajstić information content (AvgIpc) is 3.32. The van der Waals surface area contributed by atoms with Gasteiger partial charge >= 0.3 is 0 Å². The third-order valence-electron chi connectivity index (χ3n) is 3.61. The summed E-state index contributed by atoms with van der Waals surface area (Å²) in [7, 11) is 0. The van der Waals surface area contributed by atoms with Crippen LogP contribution in [0.2, 0.25) is 0 Å².